The fraction of sp³-hybridized carbons (Fsp3) is 0.750. The fourth-order valence-corrected chi connectivity index (χ4v) is 5.17. The molecular weight excluding hydrogens is 358 g/mol. The summed E-state index contributed by atoms with van der Waals surface area (Å²) in [5.41, 5.74) is 0.814. The minimum Gasteiger partial charge on any atom is -0.375 e. The van der Waals surface area contributed by atoms with E-state index in [1.165, 1.54) is 4.31 Å². The molecule has 10 heteroatoms. The Morgan fingerprint density at radius 2 is 2.08 bits per heavy atom. The third-order valence-corrected chi connectivity index (χ3v) is 6.55. The number of aromatic nitrogens is 2. The van der Waals surface area contributed by atoms with Crippen LogP contribution in [0.3, 0.4) is 0 Å². The lowest BCUT2D eigenvalue weighted by molar-refractivity contribution is -0.121. The van der Waals surface area contributed by atoms with E-state index in [0.29, 0.717) is 25.4 Å². The summed E-state index contributed by atoms with van der Waals surface area (Å²) in [7, 11) is -2.00. The Bertz CT molecular complexity index is 778. The van der Waals surface area contributed by atoms with Gasteiger partial charge in [0.05, 0.1) is 18.4 Å². The van der Waals surface area contributed by atoms with Crippen molar-refractivity contribution < 1.29 is 17.9 Å². The molecule has 1 aromatic heterocycles. The third kappa shape index (κ3) is 3.78. The highest BCUT2D eigenvalue weighted by Crippen LogP contribution is 2.23. The van der Waals surface area contributed by atoms with Crippen molar-refractivity contribution in [1.82, 2.24) is 18.8 Å². The summed E-state index contributed by atoms with van der Waals surface area (Å²) in [5, 5.41) is 4.27. The van der Waals surface area contributed by atoms with Gasteiger partial charge in [0, 0.05) is 32.2 Å². The normalized spacial score (nSPS) is 28.5. The van der Waals surface area contributed by atoms with Crippen LogP contribution in [0.4, 0.5) is 5.82 Å². The zero-order chi connectivity index (χ0) is 19.1. The maximum atomic E-state index is 12.9. The molecular formula is C16H27N5O4S. The number of aryl methyl sites for hydroxylation is 2. The van der Waals surface area contributed by atoms with E-state index < -0.39 is 16.3 Å². The zero-order valence-corrected chi connectivity index (χ0v) is 16.5. The molecule has 1 amide bonds. The van der Waals surface area contributed by atoms with Crippen molar-refractivity contribution in [2.24, 2.45) is 7.05 Å². The molecule has 2 saturated heterocycles. The zero-order valence-electron chi connectivity index (χ0n) is 15.7. The molecule has 146 valence electrons. The van der Waals surface area contributed by atoms with Crippen molar-refractivity contribution in [1.29, 1.82) is 0 Å². The van der Waals surface area contributed by atoms with E-state index in [9.17, 15) is 13.2 Å². The second kappa shape index (κ2) is 7.26. The van der Waals surface area contributed by atoms with Crippen LogP contribution in [0, 0.1) is 6.92 Å². The Kier molecular flexibility index (Phi) is 5.38. The van der Waals surface area contributed by atoms with Crippen molar-refractivity contribution in [3.8, 4) is 0 Å². The molecule has 3 atom stereocenters. The molecule has 3 rings (SSSR count). The molecule has 0 aromatic carbocycles. The number of anilines is 1. The summed E-state index contributed by atoms with van der Waals surface area (Å²) in [4.78, 5) is 14.5. The first kappa shape index (κ1) is 19.3. The number of morpholine rings is 1. The predicted octanol–water partition coefficient (Wildman–Crippen LogP) is 0.168. The summed E-state index contributed by atoms with van der Waals surface area (Å²) in [6, 6.07) is 0.799. The second-order valence-electron chi connectivity index (χ2n) is 7.14. The van der Waals surface area contributed by atoms with Gasteiger partial charge in [-0.05, 0) is 33.6 Å². The summed E-state index contributed by atoms with van der Waals surface area (Å²) in [6.45, 7) is 6.69. The van der Waals surface area contributed by atoms with Gasteiger partial charge in [-0.1, -0.05) is 0 Å². The van der Waals surface area contributed by atoms with Crippen molar-refractivity contribution in [3.05, 3.63) is 11.8 Å². The van der Waals surface area contributed by atoms with Gasteiger partial charge in [-0.15, -0.1) is 0 Å². The van der Waals surface area contributed by atoms with E-state index in [0.717, 1.165) is 12.1 Å². The van der Waals surface area contributed by atoms with Crippen molar-refractivity contribution in [2.45, 2.75) is 51.8 Å². The number of carbonyl (C=O) groups is 1. The minimum atomic E-state index is -3.78. The SMILES string of the molecule is Cc1cc(N2CCCC(NS(=O)(=O)N3CC(C)OCC3C)C2=O)n(C)n1. The standard InChI is InChI=1S/C16H27N5O4S/c1-11-8-15(19(4)17-11)20-7-5-6-14(16(20)22)18-26(23,24)21-9-13(3)25-10-12(21)2/h8,12-14,18H,5-7,9-10H2,1-4H3. The molecule has 0 aliphatic carbocycles. The van der Waals surface area contributed by atoms with Crippen LogP contribution in [0.25, 0.3) is 0 Å². The minimum absolute atomic E-state index is 0.168. The summed E-state index contributed by atoms with van der Waals surface area (Å²) in [6.07, 6.45) is 1.04. The molecule has 1 N–H and O–H groups in total. The highest BCUT2D eigenvalue weighted by atomic mass is 32.2. The number of nitrogens with zero attached hydrogens (tertiary/aromatic N) is 4. The highest BCUT2D eigenvalue weighted by Gasteiger charge is 2.38. The van der Waals surface area contributed by atoms with Crippen LogP contribution in [0.5, 0.6) is 0 Å². The predicted molar refractivity (Wildman–Crippen MR) is 97.0 cm³/mol. The lowest BCUT2D eigenvalue weighted by atomic mass is 10.1. The van der Waals surface area contributed by atoms with Crippen molar-refractivity contribution >= 4 is 21.9 Å². The van der Waals surface area contributed by atoms with Crippen LogP contribution >= 0.6 is 0 Å². The van der Waals surface area contributed by atoms with Gasteiger partial charge < -0.3 is 4.74 Å². The van der Waals surface area contributed by atoms with Crippen molar-refractivity contribution in [2.75, 3.05) is 24.6 Å². The molecule has 0 saturated carbocycles. The van der Waals surface area contributed by atoms with E-state index in [1.807, 2.05) is 19.9 Å². The molecule has 3 heterocycles. The molecule has 0 radical (unpaired) electrons. The Balaban J connectivity index is 1.76. The van der Waals surface area contributed by atoms with E-state index in [-0.39, 0.29) is 24.6 Å². The van der Waals surface area contributed by atoms with Gasteiger partial charge in [-0.25, -0.2) is 0 Å². The molecule has 3 unspecified atom stereocenters. The summed E-state index contributed by atoms with van der Waals surface area (Å²) < 4.78 is 36.8. The molecule has 2 aliphatic heterocycles. The van der Waals surface area contributed by atoms with Crippen molar-refractivity contribution in [3.63, 3.8) is 0 Å². The van der Waals surface area contributed by atoms with Gasteiger partial charge in [-0.3, -0.25) is 14.4 Å². The quantitative estimate of drug-likeness (QED) is 0.797. The number of carbonyl (C=O) groups excluding carboxylic acids is 1. The number of piperidine rings is 1. The van der Waals surface area contributed by atoms with E-state index in [1.54, 1.807) is 23.6 Å². The van der Waals surface area contributed by atoms with Gasteiger partial charge in [0.1, 0.15) is 11.9 Å². The Labute approximate surface area is 154 Å². The topological polar surface area (TPSA) is 96.8 Å². The van der Waals surface area contributed by atoms with E-state index in [4.69, 9.17) is 4.74 Å². The van der Waals surface area contributed by atoms with Gasteiger partial charge in [0.15, 0.2) is 0 Å². The number of hydrogen-bond acceptors (Lipinski definition) is 5. The highest BCUT2D eigenvalue weighted by molar-refractivity contribution is 7.87. The fourth-order valence-electron chi connectivity index (χ4n) is 3.52. The van der Waals surface area contributed by atoms with Crippen LogP contribution in [0.2, 0.25) is 0 Å². The molecule has 0 spiro atoms. The molecule has 1 aromatic rings. The monoisotopic (exact) mass is 385 g/mol. The first-order chi connectivity index (χ1) is 12.2. The third-order valence-electron chi connectivity index (χ3n) is 4.84. The van der Waals surface area contributed by atoms with Crippen LogP contribution in [0.15, 0.2) is 6.07 Å². The summed E-state index contributed by atoms with van der Waals surface area (Å²) in [5.74, 6) is 0.446. The number of hydrogen-bond donors (Lipinski definition) is 1. The second-order valence-corrected chi connectivity index (χ2v) is 8.79. The van der Waals surface area contributed by atoms with Gasteiger partial charge >= 0.3 is 0 Å². The average molecular weight is 385 g/mol. The average Bonchev–Trinajstić information content (AvgIpc) is 2.90. The number of amides is 1. The number of ether oxygens (including phenoxy) is 1. The Morgan fingerprint density at radius 1 is 1.35 bits per heavy atom. The smallest absolute Gasteiger partial charge is 0.280 e. The van der Waals surface area contributed by atoms with Crippen LogP contribution in [0.1, 0.15) is 32.4 Å². The van der Waals surface area contributed by atoms with Crippen LogP contribution in [-0.2, 0) is 26.8 Å². The number of rotatable bonds is 4. The van der Waals surface area contributed by atoms with Gasteiger partial charge in [0.25, 0.3) is 10.2 Å². The number of nitrogens with one attached hydrogen (secondary N) is 1. The van der Waals surface area contributed by atoms with Gasteiger partial charge in [-0.2, -0.15) is 22.5 Å². The molecule has 9 nitrogen and oxygen atoms in total. The summed E-state index contributed by atoms with van der Waals surface area (Å²) >= 11 is 0. The first-order valence-corrected chi connectivity index (χ1v) is 10.4. The first-order valence-electron chi connectivity index (χ1n) is 8.91. The Morgan fingerprint density at radius 3 is 2.73 bits per heavy atom. The Hall–Kier alpha value is -1.49. The lowest BCUT2D eigenvalue weighted by Crippen LogP contribution is -2.59. The van der Waals surface area contributed by atoms with E-state index >= 15 is 0 Å². The van der Waals surface area contributed by atoms with Gasteiger partial charge in [0.2, 0.25) is 5.91 Å². The molecule has 2 fully saturated rings. The maximum absolute atomic E-state index is 12.9. The van der Waals surface area contributed by atoms with Crippen LogP contribution < -0.4 is 9.62 Å². The lowest BCUT2D eigenvalue weighted by Gasteiger charge is -2.38. The molecule has 26 heavy (non-hydrogen) atoms. The molecule has 0 bridgehead atoms. The molecule has 2 aliphatic rings. The largest absolute Gasteiger partial charge is 0.375 e. The maximum Gasteiger partial charge on any atom is 0.280 e. The van der Waals surface area contributed by atoms with Crippen LogP contribution in [-0.4, -0.2) is 66.3 Å². The van der Waals surface area contributed by atoms with E-state index in [2.05, 4.69) is 9.82 Å².